The van der Waals surface area contributed by atoms with E-state index < -0.39 is 5.91 Å². The molecule has 11 heteroatoms. The molecule has 37 heavy (non-hydrogen) atoms. The summed E-state index contributed by atoms with van der Waals surface area (Å²) in [5.41, 5.74) is 1.84. The van der Waals surface area contributed by atoms with Gasteiger partial charge in [0.05, 0.1) is 30.5 Å². The highest BCUT2D eigenvalue weighted by molar-refractivity contribution is 7.80. The van der Waals surface area contributed by atoms with E-state index in [1.165, 1.54) is 0 Å². The van der Waals surface area contributed by atoms with E-state index in [0.29, 0.717) is 79.5 Å². The quantitative estimate of drug-likeness (QED) is 0.447. The number of anilines is 2. The minimum Gasteiger partial charge on any atom is -0.490 e. The Labute approximate surface area is 228 Å². The molecule has 2 aromatic carbocycles. The first-order valence-electron chi connectivity index (χ1n) is 12.3. The number of thiocarbonyl (C=S) groups is 1. The van der Waals surface area contributed by atoms with Gasteiger partial charge in [-0.1, -0.05) is 11.6 Å². The molecule has 0 saturated carbocycles. The van der Waals surface area contributed by atoms with Crippen LogP contribution in [0.4, 0.5) is 11.4 Å². The number of nitrogens with one attached hydrogen (secondary N) is 2. The summed E-state index contributed by atoms with van der Waals surface area (Å²) in [4.78, 5) is 28.5. The second-order valence-electron chi connectivity index (χ2n) is 8.17. The molecule has 0 spiro atoms. The van der Waals surface area contributed by atoms with E-state index >= 15 is 0 Å². The molecule has 1 aliphatic rings. The third-order valence-electron chi connectivity index (χ3n) is 5.67. The van der Waals surface area contributed by atoms with Crippen LogP contribution in [-0.2, 0) is 4.79 Å². The standard InChI is InChI=1S/C26H33ClN4O5S/c1-5-34-22-14-18(15-23(35-6-2)24(22)36-7-3)25(33)29-26(37)28-19-8-9-21(20(27)16-19)31-12-10-30(11-13-31)17(4)32/h8-9,14-16H,5-7,10-13H2,1-4H3,(H2,28,29,33,37). The van der Waals surface area contributed by atoms with Crippen molar-refractivity contribution in [2.24, 2.45) is 0 Å². The van der Waals surface area contributed by atoms with Crippen molar-refractivity contribution in [3.8, 4) is 17.2 Å². The van der Waals surface area contributed by atoms with Crippen molar-refractivity contribution < 1.29 is 23.8 Å². The average molecular weight is 549 g/mol. The van der Waals surface area contributed by atoms with Gasteiger partial charge in [0.25, 0.3) is 5.91 Å². The SMILES string of the molecule is CCOc1cc(C(=O)NC(=S)Nc2ccc(N3CCN(C(C)=O)CC3)c(Cl)c2)cc(OCC)c1OCC. The van der Waals surface area contributed by atoms with E-state index in [1.54, 1.807) is 25.1 Å². The Balaban J connectivity index is 1.68. The summed E-state index contributed by atoms with van der Waals surface area (Å²) in [6, 6.07) is 8.70. The van der Waals surface area contributed by atoms with Crippen LogP contribution in [-0.4, -0.2) is 67.8 Å². The van der Waals surface area contributed by atoms with Crippen LogP contribution in [0.2, 0.25) is 5.02 Å². The zero-order valence-electron chi connectivity index (χ0n) is 21.6. The topological polar surface area (TPSA) is 92.4 Å². The largest absolute Gasteiger partial charge is 0.490 e. The number of benzene rings is 2. The number of rotatable bonds is 9. The average Bonchev–Trinajstić information content (AvgIpc) is 2.86. The summed E-state index contributed by atoms with van der Waals surface area (Å²) in [7, 11) is 0. The smallest absolute Gasteiger partial charge is 0.257 e. The molecule has 2 amide bonds. The lowest BCUT2D eigenvalue weighted by atomic mass is 10.1. The van der Waals surface area contributed by atoms with Crippen LogP contribution in [0.15, 0.2) is 30.3 Å². The fourth-order valence-electron chi connectivity index (χ4n) is 3.96. The highest BCUT2D eigenvalue weighted by atomic mass is 35.5. The molecule has 0 aliphatic carbocycles. The summed E-state index contributed by atoms with van der Waals surface area (Å²) in [6.45, 7) is 11.1. The Morgan fingerprint density at radius 2 is 1.54 bits per heavy atom. The second kappa shape index (κ2) is 13.3. The zero-order chi connectivity index (χ0) is 26.9. The first-order valence-corrected chi connectivity index (χ1v) is 13.0. The molecule has 9 nitrogen and oxygen atoms in total. The summed E-state index contributed by atoms with van der Waals surface area (Å²) < 4.78 is 17.1. The Morgan fingerprint density at radius 1 is 0.946 bits per heavy atom. The number of amides is 2. The third kappa shape index (κ3) is 7.39. The summed E-state index contributed by atoms with van der Waals surface area (Å²) >= 11 is 11.9. The number of halogens is 1. The summed E-state index contributed by atoms with van der Waals surface area (Å²) in [6.07, 6.45) is 0. The minimum absolute atomic E-state index is 0.0781. The van der Waals surface area contributed by atoms with Crippen molar-refractivity contribution in [3.63, 3.8) is 0 Å². The molecule has 1 heterocycles. The normalized spacial score (nSPS) is 13.1. The van der Waals surface area contributed by atoms with Gasteiger partial charge in [-0.3, -0.25) is 14.9 Å². The van der Waals surface area contributed by atoms with Crippen LogP contribution in [0.1, 0.15) is 38.1 Å². The predicted molar refractivity (Wildman–Crippen MR) is 150 cm³/mol. The van der Waals surface area contributed by atoms with E-state index in [-0.39, 0.29) is 11.0 Å². The molecule has 2 aromatic rings. The Kier molecular flexibility index (Phi) is 10.2. The number of nitrogens with zero attached hydrogens (tertiary/aromatic N) is 2. The predicted octanol–water partition coefficient (Wildman–Crippen LogP) is 4.33. The van der Waals surface area contributed by atoms with Crippen molar-refractivity contribution in [1.29, 1.82) is 0 Å². The van der Waals surface area contributed by atoms with Crippen LogP contribution in [0.3, 0.4) is 0 Å². The van der Waals surface area contributed by atoms with Crippen LogP contribution in [0.5, 0.6) is 17.2 Å². The maximum absolute atomic E-state index is 13.0. The minimum atomic E-state index is -0.423. The zero-order valence-corrected chi connectivity index (χ0v) is 23.1. The monoisotopic (exact) mass is 548 g/mol. The first-order chi connectivity index (χ1) is 17.8. The van der Waals surface area contributed by atoms with Crippen LogP contribution in [0, 0.1) is 0 Å². The van der Waals surface area contributed by atoms with Crippen LogP contribution in [0.25, 0.3) is 0 Å². The van der Waals surface area contributed by atoms with Gasteiger partial charge in [-0.15, -0.1) is 0 Å². The number of piperazine rings is 1. The van der Waals surface area contributed by atoms with E-state index in [2.05, 4.69) is 15.5 Å². The summed E-state index contributed by atoms with van der Waals surface area (Å²) in [5.74, 6) is 0.959. The lowest BCUT2D eigenvalue weighted by Crippen LogP contribution is -2.48. The highest BCUT2D eigenvalue weighted by Crippen LogP contribution is 2.39. The molecule has 1 fully saturated rings. The van der Waals surface area contributed by atoms with Crippen molar-refractivity contribution in [3.05, 3.63) is 40.9 Å². The number of hydrogen-bond donors (Lipinski definition) is 2. The van der Waals surface area contributed by atoms with Gasteiger partial charge in [-0.05, 0) is 63.3 Å². The van der Waals surface area contributed by atoms with Crippen molar-refractivity contribution in [2.75, 3.05) is 56.2 Å². The third-order valence-corrected chi connectivity index (χ3v) is 6.18. The van der Waals surface area contributed by atoms with Gasteiger partial charge < -0.3 is 29.3 Å². The lowest BCUT2D eigenvalue weighted by molar-refractivity contribution is -0.129. The number of carbonyl (C=O) groups excluding carboxylic acids is 2. The fraction of sp³-hybridized carbons (Fsp3) is 0.423. The van der Waals surface area contributed by atoms with Gasteiger partial charge in [0.2, 0.25) is 11.7 Å². The lowest BCUT2D eigenvalue weighted by Gasteiger charge is -2.36. The second-order valence-corrected chi connectivity index (χ2v) is 8.98. The van der Waals surface area contributed by atoms with E-state index in [4.69, 9.17) is 38.0 Å². The molecule has 0 bridgehead atoms. The number of ether oxygens (including phenoxy) is 3. The molecule has 0 unspecified atom stereocenters. The van der Waals surface area contributed by atoms with E-state index in [1.807, 2.05) is 37.8 Å². The molecule has 0 radical (unpaired) electrons. The number of hydrogen-bond acceptors (Lipinski definition) is 7. The molecule has 200 valence electrons. The van der Waals surface area contributed by atoms with Crippen molar-refractivity contribution in [1.82, 2.24) is 10.2 Å². The van der Waals surface area contributed by atoms with Crippen molar-refractivity contribution in [2.45, 2.75) is 27.7 Å². The van der Waals surface area contributed by atoms with E-state index in [0.717, 1.165) is 5.69 Å². The highest BCUT2D eigenvalue weighted by Gasteiger charge is 2.21. The van der Waals surface area contributed by atoms with Gasteiger partial charge in [0.15, 0.2) is 16.6 Å². The number of carbonyl (C=O) groups is 2. The molecule has 1 saturated heterocycles. The Bertz CT molecular complexity index is 1110. The summed E-state index contributed by atoms with van der Waals surface area (Å²) in [5, 5.41) is 6.35. The Hall–Kier alpha value is -3.24. The van der Waals surface area contributed by atoms with Gasteiger partial charge >= 0.3 is 0 Å². The fourth-order valence-corrected chi connectivity index (χ4v) is 4.47. The van der Waals surface area contributed by atoms with Crippen molar-refractivity contribution >= 4 is 52.1 Å². The first kappa shape index (κ1) is 28.3. The van der Waals surface area contributed by atoms with Gasteiger partial charge in [0, 0.05) is 44.4 Å². The maximum Gasteiger partial charge on any atom is 0.257 e. The van der Waals surface area contributed by atoms with Gasteiger partial charge in [-0.2, -0.15) is 0 Å². The molecule has 3 rings (SSSR count). The molecule has 0 atom stereocenters. The Morgan fingerprint density at radius 3 is 2.05 bits per heavy atom. The van der Waals surface area contributed by atoms with Gasteiger partial charge in [0.1, 0.15) is 0 Å². The molecule has 0 aromatic heterocycles. The van der Waals surface area contributed by atoms with Crippen LogP contribution < -0.4 is 29.7 Å². The maximum atomic E-state index is 13.0. The van der Waals surface area contributed by atoms with Gasteiger partial charge in [-0.25, -0.2) is 0 Å². The molecule has 2 N–H and O–H groups in total. The van der Waals surface area contributed by atoms with E-state index in [9.17, 15) is 9.59 Å². The molecule has 1 aliphatic heterocycles. The molecular weight excluding hydrogens is 516 g/mol. The molecular formula is C26H33ClN4O5S. The van der Waals surface area contributed by atoms with Crippen LogP contribution >= 0.6 is 23.8 Å².